The molecule has 32 heavy (non-hydrogen) atoms. The highest BCUT2D eigenvalue weighted by atomic mass is 19.1. The van der Waals surface area contributed by atoms with E-state index < -0.39 is 5.67 Å². The van der Waals surface area contributed by atoms with Crippen molar-refractivity contribution in [3.8, 4) is 11.1 Å². The van der Waals surface area contributed by atoms with Gasteiger partial charge in [0.1, 0.15) is 11.3 Å². The first-order valence-electron chi connectivity index (χ1n) is 11.1. The molecule has 2 aliphatic rings. The Morgan fingerprint density at radius 1 is 1.22 bits per heavy atom. The molecule has 1 saturated carbocycles. The number of likely N-dealkylation sites (tertiary alicyclic amines) is 1. The molecule has 0 radical (unpaired) electrons. The Morgan fingerprint density at radius 2 is 2.06 bits per heavy atom. The number of rotatable bonds is 5. The summed E-state index contributed by atoms with van der Waals surface area (Å²) in [4.78, 5) is 27.0. The van der Waals surface area contributed by atoms with E-state index in [-0.39, 0.29) is 12.5 Å². The van der Waals surface area contributed by atoms with Crippen LogP contribution in [0, 0.1) is 0 Å². The molecule has 1 aliphatic carbocycles. The lowest BCUT2D eigenvalue weighted by atomic mass is 10.1. The fourth-order valence-corrected chi connectivity index (χ4v) is 4.36. The molecule has 0 atom stereocenters. The molecule has 0 aromatic carbocycles. The summed E-state index contributed by atoms with van der Waals surface area (Å²) in [7, 11) is 0. The van der Waals surface area contributed by atoms with Crippen LogP contribution < -0.4 is 5.32 Å². The summed E-state index contributed by atoms with van der Waals surface area (Å²) in [6, 6.07) is 3.95. The molecule has 1 amide bonds. The highest BCUT2D eigenvalue weighted by molar-refractivity contribution is 6.02. The molecule has 0 spiro atoms. The molecule has 9 heteroatoms. The van der Waals surface area contributed by atoms with Crippen molar-refractivity contribution in [2.24, 2.45) is 0 Å². The molecule has 8 nitrogen and oxygen atoms in total. The van der Waals surface area contributed by atoms with Crippen LogP contribution in [0.25, 0.3) is 27.7 Å². The molecule has 2 N–H and O–H groups in total. The molecule has 164 valence electrons. The third kappa shape index (κ3) is 3.37. The van der Waals surface area contributed by atoms with Gasteiger partial charge < -0.3 is 15.2 Å². The van der Waals surface area contributed by atoms with E-state index in [4.69, 9.17) is 0 Å². The standard InChI is InChI=1S/C23H24FN7O/c24-23(5-6-23)14-27-22-26-12-17-16(11-25-20(17)29-22)15-4-9-31-19(10-15)18(13-28-31)21(32)30-7-2-1-3-8-30/h4,9-13H,1-3,5-8,14H2,(H2,25,26,27,29). The number of pyridine rings is 1. The zero-order chi connectivity index (χ0) is 21.7. The Bertz CT molecular complexity index is 1320. The number of amides is 1. The van der Waals surface area contributed by atoms with E-state index in [1.165, 1.54) is 6.42 Å². The number of hydrogen-bond acceptors (Lipinski definition) is 5. The van der Waals surface area contributed by atoms with Crippen molar-refractivity contribution in [1.29, 1.82) is 0 Å². The molecule has 0 bridgehead atoms. The largest absolute Gasteiger partial charge is 0.351 e. The molecule has 4 aromatic rings. The van der Waals surface area contributed by atoms with E-state index in [1.807, 2.05) is 29.4 Å². The number of H-pyrrole nitrogens is 1. The van der Waals surface area contributed by atoms with Gasteiger partial charge in [-0.1, -0.05) is 0 Å². The lowest BCUT2D eigenvalue weighted by Gasteiger charge is -2.26. The van der Waals surface area contributed by atoms with E-state index in [2.05, 4.69) is 25.4 Å². The van der Waals surface area contributed by atoms with Gasteiger partial charge in [-0.3, -0.25) is 4.79 Å². The summed E-state index contributed by atoms with van der Waals surface area (Å²) in [5, 5.41) is 8.23. The second-order valence-electron chi connectivity index (χ2n) is 8.82. The van der Waals surface area contributed by atoms with Crippen LogP contribution in [-0.2, 0) is 0 Å². The SMILES string of the molecule is O=C(c1cnn2ccc(-c3c[nH]c4nc(NCC5(F)CC5)ncc34)cc12)N1CCCCC1. The number of piperidine rings is 1. The number of fused-ring (bicyclic) bond motifs is 2. The second kappa shape index (κ2) is 7.29. The number of carbonyl (C=O) groups is 1. The summed E-state index contributed by atoms with van der Waals surface area (Å²) < 4.78 is 15.6. The fourth-order valence-electron chi connectivity index (χ4n) is 4.36. The number of nitrogens with zero attached hydrogens (tertiary/aromatic N) is 5. The third-order valence-electron chi connectivity index (χ3n) is 6.49. The predicted octanol–water partition coefficient (Wildman–Crippen LogP) is 3.81. The number of anilines is 1. The van der Waals surface area contributed by atoms with Crippen LogP contribution in [0.4, 0.5) is 10.3 Å². The average molecular weight is 433 g/mol. The van der Waals surface area contributed by atoms with Crippen molar-refractivity contribution < 1.29 is 9.18 Å². The van der Waals surface area contributed by atoms with Crippen LogP contribution in [-0.4, -0.2) is 60.7 Å². The fraction of sp³-hybridized carbons (Fsp3) is 0.391. The van der Waals surface area contributed by atoms with E-state index in [1.54, 1.807) is 16.9 Å². The van der Waals surface area contributed by atoms with Crippen molar-refractivity contribution in [3.63, 3.8) is 0 Å². The van der Waals surface area contributed by atoms with Crippen LogP contribution in [0.3, 0.4) is 0 Å². The molecule has 5 heterocycles. The lowest BCUT2D eigenvalue weighted by Crippen LogP contribution is -2.35. The minimum absolute atomic E-state index is 0.0381. The van der Waals surface area contributed by atoms with Crippen LogP contribution >= 0.6 is 0 Å². The van der Waals surface area contributed by atoms with Gasteiger partial charge in [0.05, 0.1) is 23.8 Å². The Hall–Kier alpha value is -3.49. The summed E-state index contributed by atoms with van der Waals surface area (Å²) >= 11 is 0. The Morgan fingerprint density at radius 3 is 2.88 bits per heavy atom. The Balaban J connectivity index is 1.32. The number of alkyl halides is 1. The Labute approximate surface area is 183 Å². The molecule has 0 unspecified atom stereocenters. The molecule has 4 aromatic heterocycles. The van der Waals surface area contributed by atoms with Gasteiger partial charge in [0, 0.05) is 42.6 Å². The molecule has 1 saturated heterocycles. The normalized spacial score (nSPS) is 17.7. The van der Waals surface area contributed by atoms with Crippen LogP contribution in [0.1, 0.15) is 42.5 Å². The maximum atomic E-state index is 13.9. The van der Waals surface area contributed by atoms with Crippen molar-refractivity contribution in [1.82, 2.24) is 29.5 Å². The van der Waals surface area contributed by atoms with E-state index >= 15 is 0 Å². The quantitative estimate of drug-likeness (QED) is 0.499. The number of nitrogens with one attached hydrogen (secondary N) is 2. The minimum atomic E-state index is -1.11. The molecular formula is C23H24FN7O. The zero-order valence-electron chi connectivity index (χ0n) is 17.6. The van der Waals surface area contributed by atoms with Crippen molar-refractivity contribution >= 4 is 28.4 Å². The van der Waals surface area contributed by atoms with Crippen molar-refractivity contribution in [2.75, 3.05) is 25.0 Å². The molecular weight excluding hydrogens is 409 g/mol. The third-order valence-corrected chi connectivity index (χ3v) is 6.49. The van der Waals surface area contributed by atoms with Crippen molar-refractivity contribution in [2.45, 2.75) is 37.8 Å². The second-order valence-corrected chi connectivity index (χ2v) is 8.82. The topological polar surface area (TPSA) is 91.2 Å². The zero-order valence-corrected chi connectivity index (χ0v) is 17.6. The number of carbonyl (C=O) groups excluding carboxylic acids is 1. The Kier molecular flexibility index (Phi) is 4.38. The maximum absolute atomic E-state index is 13.9. The highest BCUT2D eigenvalue weighted by Crippen LogP contribution is 2.39. The van der Waals surface area contributed by atoms with Crippen molar-refractivity contribution in [3.05, 3.63) is 42.5 Å². The van der Waals surface area contributed by atoms with Gasteiger partial charge in [0.15, 0.2) is 0 Å². The lowest BCUT2D eigenvalue weighted by molar-refractivity contribution is 0.0726. The minimum Gasteiger partial charge on any atom is -0.351 e. The van der Waals surface area contributed by atoms with Crippen LogP contribution in [0.15, 0.2) is 36.9 Å². The molecule has 1 aliphatic heterocycles. The van der Waals surface area contributed by atoms with E-state index in [0.29, 0.717) is 30.0 Å². The number of aromatic nitrogens is 5. The summed E-state index contributed by atoms with van der Waals surface area (Å²) in [6.07, 6.45) is 11.6. The van der Waals surface area contributed by atoms with Gasteiger partial charge in [-0.15, -0.1) is 0 Å². The van der Waals surface area contributed by atoms with E-state index in [0.717, 1.165) is 48.0 Å². The first-order valence-corrected chi connectivity index (χ1v) is 11.1. The number of hydrogen-bond donors (Lipinski definition) is 2. The van der Waals surface area contributed by atoms with Gasteiger partial charge in [-0.25, -0.2) is 13.9 Å². The van der Waals surface area contributed by atoms with Gasteiger partial charge >= 0.3 is 0 Å². The van der Waals surface area contributed by atoms with E-state index in [9.17, 15) is 9.18 Å². The molecule has 2 fully saturated rings. The van der Waals surface area contributed by atoms with Crippen LogP contribution in [0.5, 0.6) is 0 Å². The summed E-state index contributed by atoms with van der Waals surface area (Å²) in [5.74, 6) is 0.451. The predicted molar refractivity (Wildman–Crippen MR) is 119 cm³/mol. The molecule has 6 rings (SSSR count). The monoisotopic (exact) mass is 433 g/mol. The maximum Gasteiger partial charge on any atom is 0.257 e. The first-order chi connectivity index (χ1) is 15.6. The van der Waals surface area contributed by atoms with Gasteiger partial charge in [-0.05, 0) is 49.8 Å². The summed E-state index contributed by atoms with van der Waals surface area (Å²) in [5.41, 5.74) is 2.86. The van der Waals surface area contributed by atoms with Gasteiger partial charge in [-0.2, -0.15) is 10.1 Å². The van der Waals surface area contributed by atoms with Crippen LogP contribution in [0.2, 0.25) is 0 Å². The summed E-state index contributed by atoms with van der Waals surface area (Å²) in [6.45, 7) is 1.84. The van der Waals surface area contributed by atoms with Gasteiger partial charge in [0.25, 0.3) is 5.91 Å². The smallest absolute Gasteiger partial charge is 0.257 e. The van der Waals surface area contributed by atoms with Gasteiger partial charge in [0.2, 0.25) is 5.95 Å². The number of aromatic amines is 1. The number of halogens is 1. The average Bonchev–Trinajstić information content (AvgIpc) is 3.23. The highest BCUT2D eigenvalue weighted by Gasteiger charge is 2.43. The first kappa shape index (κ1) is 19.2.